The van der Waals surface area contributed by atoms with Gasteiger partial charge >= 0.3 is 0 Å². The number of carbonyl (C=O) groups excluding carboxylic acids is 1. The minimum atomic E-state index is -0.513. The van der Waals surface area contributed by atoms with E-state index in [0.717, 1.165) is 11.1 Å². The van der Waals surface area contributed by atoms with Crippen molar-refractivity contribution in [2.24, 2.45) is 0 Å². The van der Waals surface area contributed by atoms with Gasteiger partial charge in [-0.15, -0.1) is 0 Å². The number of hydrogen-bond donors (Lipinski definition) is 0. The van der Waals surface area contributed by atoms with Gasteiger partial charge < -0.3 is 19.1 Å². The van der Waals surface area contributed by atoms with Crippen LogP contribution >= 0.6 is 0 Å². The Labute approximate surface area is 157 Å². The highest BCUT2D eigenvalue weighted by Gasteiger charge is 2.15. The zero-order chi connectivity index (χ0) is 20.0. The molecule has 0 aliphatic rings. The number of nitro groups is 1. The molecule has 0 unspecified atom stereocenters. The Balaban J connectivity index is 2.02. The van der Waals surface area contributed by atoms with Gasteiger partial charge in [0.15, 0.2) is 18.1 Å². The van der Waals surface area contributed by atoms with Gasteiger partial charge in [0.05, 0.1) is 25.2 Å². The fourth-order valence-corrected chi connectivity index (χ4v) is 2.48. The van der Waals surface area contributed by atoms with E-state index >= 15 is 0 Å². The van der Waals surface area contributed by atoms with E-state index < -0.39 is 4.92 Å². The number of non-ortho nitro benzene ring substituents is 1. The summed E-state index contributed by atoms with van der Waals surface area (Å²) in [6.07, 6.45) is 0. The second-order valence-electron chi connectivity index (χ2n) is 5.93. The van der Waals surface area contributed by atoms with Crippen molar-refractivity contribution in [1.29, 1.82) is 0 Å². The molecule has 0 saturated carbocycles. The fourth-order valence-electron chi connectivity index (χ4n) is 2.48. The number of benzene rings is 2. The van der Waals surface area contributed by atoms with Crippen molar-refractivity contribution >= 4 is 11.6 Å². The molecule has 0 atom stereocenters. The first-order chi connectivity index (χ1) is 12.8. The first kappa shape index (κ1) is 20.0. The Morgan fingerprint density at radius 1 is 1.15 bits per heavy atom. The van der Waals surface area contributed by atoms with E-state index in [1.807, 2.05) is 19.1 Å². The maximum Gasteiger partial charge on any atom is 0.273 e. The molecule has 0 saturated heterocycles. The summed E-state index contributed by atoms with van der Waals surface area (Å²) in [5.41, 5.74) is 1.79. The van der Waals surface area contributed by atoms with E-state index in [1.54, 1.807) is 27.3 Å². The summed E-state index contributed by atoms with van der Waals surface area (Å²) in [7, 11) is 4.78. The molecule has 0 spiro atoms. The highest BCUT2D eigenvalue weighted by molar-refractivity contribution is 5.77. The van der Waals surface area contributed by atoms with Crippen LogP contribution in [-0.2, 0) is 11.3 Å². The number of likely N-dealkylation sites (N-methyl/N-ethyl adjacent to an activating group) is 1. The number of carbonyl (C=O) groups is 1. The normalized spacial score (nSPS) is 10.2. The molecule has 2 aromatic rings. The maximum absolute atomic E-state index is 12.3. The zero-order valence-electron chi connectivity index (χ0n) is 15.7. The summed E-state index contributed by atoms with van der Waals surface area (Å²) >= 11 is 0. The highest BCUT2D eigenvalue weighted by Crippen LogP contribution is 2.30. The molecule has 0 radical (unpaired) electrons. The van der Waals surface area contributed by atoms with Crippen LogP contribution in [0.5, 0.6) is 17.2 Å². The van der Waals surface area contributed by atoms with Crippen LogP contribution in [0.4, 0.5) is 5.69 Å². The number of rotatable bonds is 8. The average molecular weight is 374 g/mol. The van der Waals surface area contributed by atoms with Crippen molar-refractivity contribution in [3.63, 3.8) is 0 Å². The number of methoxy groups -OCH3 is 2. The van der Waals surface area contributed by atoms with Crippen molar-refractivity contribution in [2.75, 3.05) is 27.9 Å². The summed E-state index contributed by atoms with van der Waals surface area (Å²) in [5.74, 6) is 1.23. The second kappa shape index (κ2) is 8.88. The van der Waals surface area contributed by atoms with Gasteiger partial charge in [0.2, 0.25) is 0 Å². The lowest BCUT2D eigenvalue weighted by molar-refractivity contribution is -0.384. The van der Waals surface area contributed by atoms with Crippen molar-refractivity contribution < 1.29 is 23.9 Å². The number of nitrogens with zero attached hydrogens (tertiary/aromatic N) is 2. The van der Waals surface area contributed by atoms with Crippen LogP contribution in [0.2, 0.25) is 0 Å². The van der Waals surface area contributed by atoms with Gasteiger partial charge in [-0.1, -0.05) is 6.07 Å². The number of amides is 1. The molecule has 0 bridgehead atoms. The number of aryl methyl sites for hydroxylation is 1. The van der Waals surface area contributed by atoms with Crippen LogP contribution in [0, 0.1) is 17.0 Å². The lowest BCUT2D eigenvalue weighted by atomic mass is 10.1. The minimum absolute atomic E-state index is 0.0887. The first-order valence-corrected chi connectivity index (χ1v) is 8.18. The molecular weight excluding hydrogens is 352 g/mol. The molecule has 0 aliphatic carbocycles. The Morgan fingerprint density at radius 2 is 1.81 bits per heavy atom. The van der Waals surface area contributed by atoms with E-state index in [2.05, 4.69) is 0 Å². The third kappa shape index (κ3) is 5.10. The van der Waals surface area contributed by atoms with Crippen molar-refractivity contribution in [3.05, 3.63) is 57.6 Å². The van der Waals surface area contributed by atoms with Crippen LogP contribution in [0.25, 0.3) is 0 Å². The second-order valence-corrected chi connectivity index (χ2v) is 5.93. The van der Waals surface area contributed by atoms with Gasteiger partial charge in [-0.2, -0.15) is 0 Å². The van der Waals surface area contributed by atoms with Gasteiger partial charge in [-0.05, 0) is 36.2 Å². The molecule has 2 aromatic carbocycles. The van der Waals surface area contributed by atoms with Gasteiger partial charge in [0, 0.05) is 19.7 Å². The first-order valence-electron chi connectivity index (χ1n) is 8.18. The molecule has 0 N–H and O–H groups in total. The van der Waals surface area contributed by atoms with Crippen LogP contribution in [0.15, 0.2) is 36.4 Å². The number of nitro benzene ring substituents is 1. The predicted molar refractivity (Wildman–Crippen MR) is 99.3 cm³/mol. The third-order valence-electron chi connectivity index (χ3n) is 4.07. The molecule has 0 heterocycles. The summed E-state index contributed by atoms with van der Waals surface area (Å²) in [5, 5.41) is 10.8. The van der Waals surface area contributed by atoms with E-state index in [0.29, 0.717) is 18.0 Å². The molecule has 0 fully saturated rings. The van der Waals surface area contributed by atoms with E-state index in [-0.39, 0.29) is 24.0 Å². The average Bonchev–Trinajstić information content (AvgIpc) is 2.67. The summed E-state index contributed by atoms with van der Waals surface area (Å²) in [4.78, 5) is 24.1. The van der Waals surface area contributed by atoms with E-state index in [4.69, 9.17) is 14.2 Å². The molecule has 0 aromatic heterocycles. The maximum atomic E-state index is 12.3. The molecule has 2 rings (SSSR count). The Morgan fingerprint density at radius 3 is 2.44 bits per heavy atom. The molecule has 8 nitrogen and oxygen atoms in total. The molecule has 1 amide bonds. The largest absolute Gasteiger partial charge is 0.493 e. The van der Waals surface area contributed by atoms with Crippen LogP contribution in [-0.4, -0.2) is 43.6 Å². The van der Waals surface area contributed by atoms with Crippen LogP contribution in [0.1, 0.15) is 11.1 Å². The quantitative estimate of drug-likeness (QED) is 0.521. The lowest BCUT2D eigenvalue weighted by Gasteiger charge is -2.20. The summed E-state index contributed by atoms with van der Waals surface area (Å²) in [6.45, 7) is 2.07. The molecule has 27 heavy (non-hydrogen) atoms. The summed E-state index contributed by atoms with van der Waals surface area (Å²) < 4.78 is 16.0. The third-order valence-corrected chi connectivity index (χ3v) is 4.07. The standard InChI is InChI=1S/C19H22N2O6/c1-13-8-17(25-3)18(26-4)9-14(13)11-20(2)19(22)12-27-16-7-5-6-15(10-16)21(23)24/h5-10H,11-12H2,1-4H3. The lowest BCUT2D eigenvalue weighted by Crippen LogP contribution is -2.31. The topological polar surface area (TPSA) is 91.1 Å². The SMILES string of the molecule is COc1cc(C)c(CN(C)C(=O)COc2cccc([N+](=O)[O-])c2)cc1OC. The Kier molecular flexibility index (Phi) is 6.59. The van der Waals surface area contributed by atoms with Gasteiger partial charge in [0.1, 0.15) is 5.75 Å². The highest BCUT2D eigenvalue weighted by atomic mass is 16.6. The van der Waals surface area contributed by atoms with Crippen LogP contribution < -0.4 is 14.2 Å². The molecule has 8 heteroatoms. The van der Waals surface area contributed by atoms with E-state index in [9.17, 15) is 14.9 Å². The van der Waals surface area contributed by atoms with E-state index in [1.165, 1.54) is 23.1 Å². The summed E-state index contributed by atoms with van der Waals surface area (Å²) in [6, 6.07) is 9.41. The molecule has 144 valence electrons. The Bertz CT molecular complexity index is 837. The van der Waals surface area contributed by atoms with Gasteiger partial charge in [0.25, 0.3) is 11.6 Å². The number of hydrogen-bond acceptors (Lipinski definition) is 6. The zero-order valence-corrected chi connectivity index (χ0v) is 15.7. The molecule has 0 aliphatic heterocycles. The van der Waals surface area contributed by atoms with Crippen molar-refractivity contribution in [2.45, 2.75) is 13.5 Å². The van der Waals surface area contributed by atoms with Crippen molar-refractivity contribution in [1.82, 2.24) is 4.90 Å². The fraction of sp³-hybridized carbons (Fsp3) is 0.316. The van der Waals surface area contributed by atoms with Gasteiger partial charge in [-0.25, -0.2) is 0 Å². The number of ether oxygens (including phenoxy) is 3. The van der Waals surface area contributed by atoms with Crippen molar-refractivity contribution in [3.8, 4) is 17.2 Å². The predicted octanol–water partition coefficient (Wildman–Crippen LogP) is 2.96. The Hall–Kier alpha value is -3.29. The smallest absolute Gasteiger partial charge is 0.273 e. The minimum Gasteiger partial charge on any atom is -0.493 e. The van der Waals surface area contributed by atoms with Crippen LogP contribution in [0.3, 0.4) is 0 Å². The van der Waals surface area contributed by atoms with Gasteiger partial charge in [-0.3, -0.25) is 14.9 Å². The molecular formula is C19H22N2O6. The monoisotopic (exact) mass is 374 g/mol.